The van der Waals surface area contributed by atoms with Gasteiger partial charge in [0, 0.05) is 61.0 Å². The number of benzene rings is 3. The van der Waals surface area contributed by atoms with Gasteiger partial charge in [0.1, 0.15) is 25.1 Å². The number of amides is 2. The van der Waals surface area contributed by atoms with E-state index >= 15 is 0 Å². The van der Waals surface area contributed by atoms with Crippen molar-refractivity contribution in [2.45, 2.75) is 64.9 Å². The molecule has 292 valence electrons. The zero-order valence-corrected chi connectivity index (χ0v) is 31.2. The molecule has 16 nitrogen and oxygen atoms in total. The Balaban J connectivity index is 1.39. The Morgan fingerprint density at radius 3 is 2.07 bits per heavy atom. The lowest BCUT2D eigenvalue weighted by Gasteiger charge is -2.45. The number of hydrogen-bond donors (Lipinski definition) is 1. The van der Waals surface area contributed by atoms with Crippen molar-refractivity contribution in [1.82, 2.24) is 19.4 Å². The number of imide groups is 1. The van der Waals surface area contributed by atoms with Crippen LogP contribution in [0.25, 0.3) is 43.7 Å². The van der Waals surface area contributed by atoms with E-state index in [9.17, 15) is 28.8 Å². The highest BCUT2D eigenvalue weighted by molar-refractivity contribution is 6.39. The van der Waals surface area contributed by atoms with Gasteiger partial charge in [0.25, 0.3) is 11.8 Å². The summed E-state index contributed by atoms with van der Waals surface area (Å²) in [6, 6.07) is 20.0. The lowest BCUT2D eigenvalue weighted by atomic mass is 9.96. The number of carbonyl (C=O) groups excluding carboxylic acids is 6. The predicted molar refractivity (Wildman–Crippen MR) is 200 cm³/mol. The Bertz CT molecular complexity index is 2630. The van der Waals surface area contributed by atoms with Gasteiger partial charge < -0.3 is 33.4 Å². The molecule has 3 aromatic heterocycles. The molecule has 3 aromatic carbocycles. The molecule has 0 spiro atoms. The molecule has 6 aromatic rings. The Kier molecular flexibility index (Phi) is 9.67. The number of nitrogens with zero attached hydrogens (tertiary/aromatic N) is 3. The van der Waals surface area contributed by atoms with Crippen LogP contribution in [-0.2, 0) is 54.2 Å². The summed E-state index contributed by atoms with van der Waals surface area (Å²) in [6.45, 7) is 3.98. The zero-order valence-electron chi connectivity index (χ0n) is 31.2. The van der Waals surface area contributed by atoms with Gasteiger partial charge in [-0.3, -0.25) is 33.3 Å². The molecule has 2 aliphatic heterocycles. The van der Waals surface area contributed by atoms with Crippen LogP contribution in [0, 0.1) is 0 Å². The number of aromatic nitrogens is 3. The second-order valence-corrected chi connectivity index (χ2v) is 13.7. The minimum absolute atomic E-state index is 0.0953. The highest BCUT2D eigenvalue weighted by Crippen LogP contribution is 2.47. The van der Waals surface area contributed by atoms with Crippen LogP contribution in [0.15, 0.2) is 72.9 Å². The van der Waals surface area contributed by atoms with Crippen LogP contribution in [0.1, 0.15) is 60.2 Å². The lowest BCUT2D eigenvalue weighted by Crippen LogP contribution is -2.60. The molecule has 57 heavy (non-hydrogen) atoms. The topological polar surface area (TPSA) is 195 Å². The number of H-pyrrole nitrogens is 1. The predicted octanol–water partition coefficient (Wildman–Crippen LogP) is 4.85. The van der Waals surface area contributed by atoms with E-state index in [1.54, 1.807) is 16.7 Å². The summed E-state index contributed by atoms with van der Waals surface area (Å²) in [5.41, 5.74) is 2.75. The molecule has 16 heteroatoms. The number of carbonyl (C=O) groups is 6. The maximum absolute atomic E-state index is 14.7. The Morgan fingerprint density at radius 1 is 0.737 bits per heavy atom. The van der Waals surface area contributed by atoms with Crippen molar-refractivity contribution in [2.24, 2.45) is 0 Å². The first-order valence-corrected chi connectivity index (χ1v) is 18.1. The molecule has 0 aliphatic carbocycles. The molecule has 5 atom stereocenters. The Morgan fingerprint density at radius 2 is 1.37 bits per heavy atom. The molecule has 5 heterocycles. The van der Waals surface area contributed by atoms with E-state index < -0.39 is 72.9 Å². The number of aromatic amines is 1. The van der Waals surface area contributed by atoms with Gasteiger partial charge in [0.05, 0.1) is 28.8 Å². The van der Waals surface area contributed by atoms with Crippen LogP contribution in [0.2, 0.25) is 0 Å². The SMILES string of the molecule is CC(=O)OC[C@H]1OC(n2c3ncccc3c3c4c(c5c6ccccc6[nH]c5c32)C(=O)N(COCc2ccccc2)C4=O)[C@H](OC(C)=O)[C@@H](OC(C)=O)[C@@H]1OC(C)=O. The molecule has 1 unspecified atom stereocenters. The molecule has 1 saturated heterocycles. The number of para-hydroxylation sites is 1. The third-order valence-electron chi connectivity index (χ3n) is 9.93. The summed E-state index contributed by atoms with van der Waals surface area (Å²) in [6.07, 6.45) is -5.58. The number of fused-ring (bicyclic) bond motifs is 10. The number of hydrogen-bond acceptors (Lipinski definition) is 13. The molecule has 1 N–H and O–H groups in total. The summed E-state index contributed by atoms with van der Waals surface area (Å²) < 4.78 is 36.8. The van der Waals surface area contributed by atoms with Crippen LogP contribution in [0.3, 0.4) is 0 Å². The van der Waals surface area contributed by atoms with Gasteiger partial charge in [0.15, 0.2) is 24.5 Å². The second-order valence-electron chi connectivity index (χ2n) is 13.7. The quantitative estimate of drug-likeness (QED) is 0.113. The molecule has 2 amide bonds. The molecule has 2 aliphatic rings. The van der Waals surface area contributed by atoms with E-state index in [1.807, 2.05) is 54.6 Å². The fourth-order valence-corrected chi connectivity index (χ4v) is 7.86. The third kappa shape index (κ3) is 6.51. The first kappa shape index (κ1) is 37.3. The van der Waals surface area contributed by atoms with Crippen molar-refractivity contribution in [3.63, 3.8) is 0 Å². The monoisotopic (exact) mass is 776 g/mol. The molecular weight excluding hydrogens is 740 g/mol. The van der Waals surface area contributed by atoms with Crippen LogP contribution >= 0.6 is 0 Å². The summed E-state index contributed by atoms with van der Waals surface area (Å²) >= 11 is 0. The van der Waals surface area contributed by atoms with Crippen molar-refractivity contribution in [3.05, 3.63) is 89.6 Å². The van der Waals surface area contributed by atoms with Gasteiger partial charge in [-0.15, -0.1) is 0 Å². The van der Waals surface area contributed by atoms with Gasteiger partial charge in [-0.05, 0) is 23.8 Å². The average molecular weight is 777 g/mol. The van der Waals surface area contributed by atoms with E-state index in [0.29, 0.717) is 38.1 Å². The summed E-state index contributed by atoms with van der Waals surface area (Å²) in [5.74, 6) is -4.19. The maximum atomic E-state index is 14.7. The highest BCUT2D eigenvalue weighted by atomic mass is 16.7. The van der Waals surface area contributed by atoms with E-state index in [-0.39, 0.29) is 30.1 Å². The summed E-state index contributed by atoms with van der Waals surface area (Å²) in [4.78, 5) is 88.4. The number of nitrogens with one attached hydrogen (secondary N) is 1. The first-order chi connectivity index (χ1) is 27.4. The van der Waals surface area contributed by atoms with Crippen molar-refractivity contribution < 1.29 is 57.2 Å². The normalized spacial score (nSPS) is 20.6. The number of rotatable bonds is 10. The standard InChI is InChI=1S/C41H36N4O12/c1-20(46)53-18-28-35(54-21(2)47)36(55-22(3)48)37(56-23(4)49)41(57-28)45-34-30(26-14-10-16-42-38(26)45)32-31(29-25-13-8-9-15-27(25)43-33(29)34)39(50)44(40(32)51)19-52-17-24-11-6-5-7-12-24/h5-16,28,35-37,41,43H,17-19H2,1-4H3/t28-,35-,36+,37-,41?/m1/s1. The van der Waals surface area contributed by atoms with Crippen LogP contribution in [-0.4, -0.2) is 92.9 Å². The Labute approximate surface area is 323 Å². The number of ether oxygens (including phenoxy) is 6. The van der Waals surface area contributed by atoms with Crippen molar-refractivity contribution in [3.8, 4) is 0 Å². The molecule has 0 radical (unpaired) electrons. The Hall–Kier alpha value is -6.65. The van der Waals surface area contributed by atoms with Gasteiger partial charge in [-0.2, -0.15) is 0 Å². The third-order valence-corrected chi connectivity index (χ3v) is 9.93. The highest BCUT2D eigenvalue weighted by Gasteiger charge is 2.54. The maximum Gasteiger partial charge on any atom is 0.303 e. The van der Waals surface area contributed by atoms with Gasteiger partial charge >= 0.3 is 23.9 Å². The van der Waals surface area contributed by atoms with Crippen LogP contribution in [0.5, 0.6) is 0 Å². The zero-order chi connectivity index (χ0) is 40.1. The minimum Gasteiger partial charge on any atom is -0.463 e. The van der Waals surface area contributed by atoms with Gasteiger partial charge in [-0.1, -0.05) is 48.5 Å². The van der Waals surface area contributed by atoms with Crippen molar-refractivity contribution in [1.29, 1.82) is 0 Å². The second kappa shape index (κ2) is 14.8. The van der Waals surface area contributed by atoms with Gasteiger partial charge in [-0.25, -0.2) is 9.88 Å². The fraction of sp³-hybridized carbons (Fsp3) is 0.293. The van der Waals surface area contributed by atoms with Crippen LogP contribution in [0.4, 0.5) is 0 Å². The van der Waals surface area contributed by atoms with Gasteiger partial charge in [0.2, 0.25) is 0 Å². The summed E-state index contributed by atoms with van der Waals surface area (Å²) in [5, 5.41) is 1.85. The van der Waals surface area contributed by atoms with E-state index in [0.717, 1.165) is 31.2 Å². The van der Waals surface area contributed by atoms with E-state index in [2.05, 4.69) is 4.98 Å². The first-order valence-electron chi connectivity index (χ1n) is 18.1. The van der Waals surface area contributed by atoms with Crippen LogP contribution < -0.4 is 0 Å². The minimum atomic E-state index is -1.50. The largest absolute Gasteiger partial charge is 0.463 e. The molecule has 1 fully saturated rings. The van der Waals surface area contributed by atoms with E-state index in [4.69, 9.17) is 33.4 Å². The average Bonchev–Trinajstić information content (AvgIpc) is 3.80. The number of pyridine rings is 1. The fourth-order valence-electron chi connectivity index (χ4n) is 7.86. The van der Waals surface area contributed by atoms with Crippen molar-refractivity contribution in [2.75, 3.05) is 13.3 Å². The molecule has 8 rings (SSSR count). The number of esters is 4. The van der Waals surface area contributed by atoms with Crippen molar-refractivity contribution >= 4 is 79.4 Å². The summed E-state index contributed by atoms with van der Waals surface area (Å²) in [7, 11) is 0. The molecule has 0 bridgehead atoms. The van der Waals surface area contributed by atoms with E-state index in [1.165, 1.54) is 13.1 Å². The smallest absolute Gasteiger partial charge is 0.303 e. The lowest BCUT2D eigenvalue weighted by molar-refractivity contribution is -0.267. The molecular formula is C41H36N4O12. The molecule has 0 saturated carbocycles.